The van der Waals surface area contributed by atoms with Gasteiger partial charge >= 0.3 is 6.18 Å². The minimum Gasteiger partial charge on any atom is -0.314 e. The number of hydrogen-bond donors (Lipinski definition) is 1. The second-order valence-electron chi connectivity index (χ2n) is 5.63. The van der Waals surface area contributed by atoms with Crippen LogP contribution in [-0.4, -0.2) is 18.8 Å². The molecular formula is C13H22F3N. The summed E-state index contributed by atoms with van der Waals surface area (Å²) in [7, 11) is 0. The van der Waals surface area contributed by atoms with E-state index >= 15 is 0 Å². The van der Waals surface area contributed by atoms with Crippen molar-refractivity contribution in [3.63, 3.8) is 0 Å². The van der Waals surface area contributed by atoms with Crippen LogP contribution in [0.15, 0.2) is 0 Å². The maximum atomic E-state index is 12.0. The number of rotatable bonds is 5. The molecule has 2 aliphatic rings. The summed E-state index contributed by atoms with van der Waals surface area (Å²) in [6.45, 7) is 0.515. The minimum absolute atomic E-state index is 0.216. The maximum Gasteiger partial charge on any atom is 0.389 e. The highest BCUT2D eigenvalue weighted by molar-refractivity contribution is 4.87. The predicted molar refractivity (Wildman–Crippen MR) is 61.8 cm³/mol. The molecule has 1 N–H and O–H groups in total. The fourth-order valence-corrected chi connectivity index (χ4v) is 3.00. The first-order chi connectivity index (χ1) is 8.04. The molecule has 4 heteroatoms. The van der Waals surface area contributed by atoms with Crippen LogP contribution in [0.5, 0.6) is 0 Å². The van der Waals surface area contributed by atoms with Crippen LogP contribution in [0.1, 0.15) is 51.4 Å². The summed E-state index contributed by atoms with van der Waals surface area (Å²) in [6.07, 6.45) is 3.25. The van der Waals surface area contributed by atoms with Crippen LogP contribution in [0, 0.1) is 11.8 Å². The van der Waals surface area contributed by atoms with E-state index in [1.54, 1.807) is 0 Å². The van der Waals surface area contributed by atoms with Gasteiger partial charge in [-0.15, -0.1) is 0 Å². The predicted octanol–water partition coefficient (Wildman–Crippen LogP) is 3.89. The van der Waals surface area contributed by atoms with E-state index in [0.29, 0.717) is 12.6 Å². The Morgan fingerprint density at radius 1 is 1.00 bits per heavy atom. The van der Waals surface area contributed by atoms with Crippen LogP contribution in [0.25, 0.3) is 0 Å². The lowest BCUT2D eigenvalue weighted by Gasteiger charge is -2.30. The van der Waals surface area contributed by atoms with Gasteiger partial charge in [-0.2, -0.15) is 13.2 Å². The Hall–Kier alpha value is -0.250. The van der Waals surface area contributed by atoms with E-state index in [1.165, 1.54) is 32.1 Å². The SMILES string of the molecule is FC(F)(F)CCCNC1CCCC(C2CC2)C1. The molecule has 0 aromatic carbocycles. The summed E-state index contributed by atoms with van der Waals surface area (Å²) in [5.74, 6) is 1.79. The standard InChI is InChI=1S/C13H22F3N/c14-13(15,16)7-2-8-17-12-4-1-3-11(9-12)10-5-6-10/h10-12,17H,1-9H2. The van der Waals surface area contributed by atoms with Gasteiger partial charge in [0, 0.05) is 12.5 Å². The first-order valence-electron chi connectivity index (χ1n) is 6.85. The van der Waals surface area contributed by atoms with Crippen molar-refractivity contribution < 1.29 is 13.2 Å². The Balaban J connectivity index is 1.58. The van der Waals surface area contributed by atoms with Gasteiger partial charge in [-0.05, 0) is 50.5 Å². The summed E-state index contributed by atoms with van der Waals surface area (Å²) in [5.41, 5.74) is 0. The van der Waals surface area contributed by atoms with Crippen molar-refractivity contribution in [2.45, 2.75) is 63.6 Å². The van der Waals surface area contributed by atoms with Crippen LogP contribution in [0.2, 0.25) is 0 Å². The Morgan fingerprint density at radius 2 is 1.76 bits per heavy atom. The zero-order chi connectivity index (χ0) is 12.3. The Bertz CT molecular complexity index is 235. The molecule has 0 aromatic rings. The molecule has 0 saturated heterocycles. The average molecular weight is 249 g/mol. The molecule has 0 aliphatic heterocycles. The zero-order valence-corrected chi connectivity index (χ0v) is 10.2. The molecule has 2 atom stereocenters. The van der Waals surface area contributed by atoms with Gasteiger partial charge in [0.15, 0.2) is 0 Å². The van der Waals surface area contributed by atoms with Crippen LogP contribution < -0.4 is 5.32 Å². The number of alkyl halides is 3. The van der Waals surface area contributed by atoms with Crippen molar-refractivity contribution in [2.24, 2.45) is 11.8 Å². The zero-order valence-electron chi connectivity index (χ0n) is 10.2. The Morgan fingerprint density at radius 3 is 2.41 bits per heavy atom. The lowest BCUT2D eigenvalue weighted by molar-refractivity contribution is -0.135. The molecule has 0 radical (unpaired) electrons. The molecular weight excluding hydrogens is 227 g/mol. The quantitative estimate of drug-likeness (QED) is 0.729. The van der Waals surface area contributed by atoms with Crippen molar-refractivity contribution in [3.05, 3.63) is 0 Å². The molecule has 1 nitrogen and oxygen atoms in total. The van der Waals surface area contributed by atoms with Crippen LogP contribution >= 0.6 is 0 Å². The van der Waals surface area contributed by atoms with Crippen molar-refractivity contribution in [2.75, 3.05) is 6.54 Å². The van der Waals surface area contributed by atoms with Crippen molar-refractivity contribution >= 4 is 0 Å². The third-order valence-electron chi connectivity index (χ3n) is 4.07. The van der Waals surface area contributed by atoms with E-state index in [9.17, 15) is 13.2 Å². The van der Waals surface area contributed by atoms with Crippen molar-refractivity contribution in [1.82, 2.24) is 5.32 Å². The normalized spacial score (nSPS) is 30.5. The second-order valence-corrected chi connectivity index (χ2v) is 5.63. The summed E-state index contributed by atoms with van der Waals surface area (Å²) >= 11 is 0. The fourth-order valence-electron chi connectivity index (χ4n) is 3.00. The highest BCUT2D eigenvalue weighted by atomic mass is 19.4. The van der Waals surface area contributed by atoms with Gasteiger partial charge in [0.25, 0.3) is 0 Å². The number of hydrogen-bond acceptors (Lipinski definition) is 1. The van der Waals surface area contributed by atoms with E-state index in [2.05, 4.69) is 5.32 Å². The lowest BCUT2D eigenvalue weighted by Crippen LogP contribution is -2.35. The van der Waals surface area contributed by atoms with Gasteiger partial charge < -0.3 is 5.32 Å². The molecule has 2 fully saturated rings. The highest BCUT2D eigenvalue weighted by Gasteiger charge is 2.34. The third kappa shape index (κ3) is 4.86. The Kier molecular flexibility index (Phi) is 4.34. The average Bonchev–Trinajstić information content (AvgIpc) is 3.07. The van der Waals surface area contributed by atoms with Gasteiger partial charge in [0.05, 0.1) is 0 Å². The van der Waals surface area contributed by atoms with E-state index in [4.69, 9.17) is 0 Å². The molecule has 100 valence electrons. The number of halogens is 3. The fraction of sp³-hybridized carbons (Fsp3) is 1.00. The Labute approximate surface area is 101 Å². The molecule has 0 heterocycles. The highest BCUT2D eigenvalue weighted by Crippen LogP contribution is 2.43. The third-order valence-corrected chi connectivity index (χ3v) is 4.07. The van der Waals surface area contributed by atoms with Crippen molar-refractivity contribution in [1.29, 1.82) is 0 Å². The molecule has 0 aromatic heterocycles. The van der Waals surface area contributed by atoms with Gasteiger partial charge in [-0.1, -0.05) is 12.8 Å². The topological polar surface area (TPSA) is 12.0 Å². The van der Waals surface area contributed by atoms with E-state index in [0.717, 1.165) is 18.3 Å². The van der Waals surface area contributed by atoms with Crippen LogP contribution in [-0.2, 0) is 0 Å². The van der Waals surface area contributed by atoms with Gasteiger partial charge in [-0.25, -0.2) is 0 Å². The van der Waals surface area contributed by atoms with E-state index in [-0.39, 0.29) is 6.42 Å². The van der Waals surface area contributed by atoms with Crippen LogP contribution in [0.4, 0.5) is 13.2 Å². The van der Waals surface area contributed by atoms with E-state index < -0.39 is 12.6 Å². The summed E-state index contributed by atoms with van der Waals surface area (Å²) in [6, 6.07) is 0.475. The van der Waals surface area contributed by atoms with E-state index in [1.807, 2.05) is 0 Å². The van der Waals surface area contributed by atoms with Gasteiger partial charge in [0.1, 0.15) is 0 Å². The largest absolute Gasteiger partial charge is 0.389 e. The number of nitrogens with one attached hydrogen (secondary N) is 1. The maximum absolute atomic E-state index is 12.0. The molecule has 2 unspecified atom stereocenters. The summed E-state index contributed by atoms with van der Waals surface area (Å²) < 4.78 is 35.9. The van der Waals surface area contributed by atoms with Crippen LogP contribution in [0.3, 0.4) is 0 Å². The monoisotopic (exact) mass is 249 g/mol. The molecule has 2 rings (SSSR count). The summed E-state index contributed by atoms with van der Waals surface area (Å²) in [4.78, 5) is 0. The molecule has 2 aliphatic carbocycles. The first kappa shape index (κ1) is 13.2. The minimum atomic E-state index is -4.00. The smallest absolute Gasteiger partial charge is 0.314 e. The molecule has 0 spiro atoms. The van der Waals surface area contributed by atoms with Gasteiger partial charge in [0.2, 0.25) is 0 Å². The lowest BCUT2D eigenvalue weighted by atomic mass is 9.82. The molecule has 2 saturated carbocycles. The molecule has 0 bridgehead atoms. The molecule has 0 amide bonds. The second kappa shape index (κ2) is 5.59. The summed E-state index contributed by atoms with van der Waals surface area (Å²) in [5, 5.41) is 3.31. The van der Waals surface area contributed by atoms with Gasteiger partial charge in [-0.3, -0.25) is 0 Å². The first-order valence-corrected chi connectivity index (χ1v) is 6.85. The van der Waals surface area contributed by atoms with Crippen molar-refractivity contribution in [3.8, 4) is 0 Å². The molecule has 17 heavy (non-hydrogen) atoms.